The Balaban J connectivity index is 0. The first-order valence-corrected chi connectivity index (χ1v) is 44.5. The van der Waals surface area contributed by atoms with Gasteiger partial charge in [-0.3, -0.25) is 14.4 Å². The third kappa shape index (κ3) is 33.1. The number of aliphatic carboxylic acids is 3. The maximum absolute atomic E-state index is 12.7. The molecule has 0 aromatic heterocycles. The number of methoxy groups -OCH3 is 7. The molecular formula is C86H172N10O35. The third-order valence-corrected chi connectivity index (χ3v) is 26.0. The van der Waals surface area contributed by atoms with Gasteiger partial charge in [-0.2, -0.15) is 0 Å². The molecule has 0 saturated carbocycles. The van der Waals surface area contributed by atoms with Crippen LogP contribution in [0, 0.1) is 53.3 Å². The van der Waals surface area contributed by atoms with Crippen molar-refractivity contribution in [1.82, 2.24) is 41.7 Å². The number of hydrogen-bond donors (Lipinski definition) is 23. The number of esters is 1. The van der Waals surface area contributed by atoms with E-state index in [9.17, 15) is 89.7 Å². The average Bonchev–Trinajstić information content (AvgIpc) is 0.783. The van der Waals surface area contributed by atoms with E-state index < -0.39 is 182 Å². The van der Waals surface area contributed by atoms with Crippen molar-refractivity contribution < 1.29 is 172 Å². The topological polar surface area (TPSA) is 674 Å². The van der Waals surface area contributed by atoms with Gasteiger partial charge in [-0.1, -0.05) is 102 Å². The van der Waals surface area contributed by atoms with E-state index in [0.29, 0.717) is 48.9 Å². The number of carbonyl (C=O) groups is 7. The minimum atomic E-state index is -2.16. The summed E-state index contributed by atoms with van der Waals surface area (Å²) in [6, 6.07) is -2.49. The van der Waals surface area contributed by atoms with Gasteiger partial charge < -0.3 is 191 Å². The fraction of sp³-hybridized carbons (Fsp3) is 0.919. The van der Waals surface area contributed by atoms with E-state index in [1.54, 1.807) is 33.2 Å². The van der Waals surface area contributed by atoms with Crippen LogP contribution >= 0.6 is 0 Å². The number of amides is 3. The molecule has 0 aliphatic carbocycles. The van der Waals surface area contributed by atoms with Crippen LogP contribution in [0.2, 0.25) is 0 Å². The van der Waals surface area contributed by atoms with Gasteiger partial charge in [0.05, 0.1) is 87.7 Å². The molecule has 3 amide bonds. The normalized spacial score (nSPS) is 34.9. The van der Waals surface area contributed by atoms with Gasteiger partial charge in [0, 0.05) is 128 Å². The molecule has 6 fully saturated rings. The van der Waals surface area contributed by atoms with E-state index in [2.05, 4.69) is 114 Å². The van der Waals surface area contributed by atoms with Crippen molar-refractivity contribution in [2.75, 3.05) is 147 Å². The minimum Gasteiger partial charge on any atom is -0.477 e. The molecule has 0 bridgehead atoms. The molecule has 6 saturated heterocycles. The number of nitrogens with zero attached hydrogens (tertiary/aromatic N) is 2. The molecule has 45 nitrogen and oxygen atoms in total. The SMILES string of the molecule is CC[C@@H](C)[C@@H](C)C1OC(OC)(C(=O)N(C)C)CC(C)C1NC.CC[C@@H](C)[C@@H](C)C1OC(OC)(C(=O)O)CC(C)C1NC.CC[C@@H](C)[C@@H](C)C1OC(OC)(C(=O)OC)CC(C)C1NC(C)=O.CN.CNC.CNC1C(O)CC(OC)(C(=O)N(C)C)OC1C(O)C(O)CO.CNC1C(O)CC(OC)(C(=O)O)OC1C(O)C(O)CO.COC1(C(=O)O)CC(O)C(N)C(C(O)C(O)CO)O1. The van der Waals surface area contributed by atoms with Gasteiger partial charge in [-0.05, 0) is 103 Å². The van der Waals surface area contributed by atoms with Crippen molar-refractivity contribution in [3.8, 4) is 0 Å². The molecule has 45 heteroatoms. The molecule has 0 radical (unpaired) electrons. The van der Waals surface area contributed by atoms with Crippen molar-refractivity contribution in [3.63, 3.8) is 0 Å². The molecule has 6 rings (SSSR count). The Morgan fingerprint density at radius 2 is 0.634 bits per heavy atom. The number of ether oxygens (including phenoxy) is 13. The number of rotatable bonds is 35. The molecule has 6 heterocycles. The van der Waals surface area contributed by atoms with Crippen LogP contribution in [0.15, 0.2) is 0 Å². The van der Waals surface area contributed by atoms with Gasteiger partial charge in [0.1, 0.15) is 54.9 Å². The Kier molecular flexibility index (Phi) is 58.7. The first-order valence-electron chi connectivity index (χ1n) is 44.5. The van der Waals surface area contributed by atoms with Crippen LogP contribution in [-0.4, -0.2) is 438 Å². The predicted molar refractivity (Wildman–Crippen MR) is 478 cm³/mol. The van der Waals surface area contributed by atoms with Gasteiger partial charge in [0.25, 0.3) is 40.7 Å². The number of likely N-dealkylation sites (N-methyl/N-ethyl adjacent to an activating group) is 6. The zero-order chi connectivity index (χ0) is 102. The van der Waals surface area contributed by atoms with Crippen molar-refractivity contribution in [1.29, 1.82) is 0 Å². The van der Waals surface area contributed by atoms with Crippen LogP contribution in [0.5, 0.6) is 0 Å². The summed E-state index contributed by atoms with van der Waals surface area (Å²) in [4.78, 5) is 85.7. The highest BCUT2D eigenvalue weighted by Crippen LogP contribution is 2.44. The fourth-order valence-electron chi connectivity index (χ4n) is 16.8. The maximum atomic E-state index is 12.7. The van der Waals surface area contributed by atoms with Crippen LogP contribution in [0.1, 0.15) is 148 Å². The van der Waals surface area contributed by atoms with Crippen LogP contribution in [0.3, 0.4) is 0 Å². The lowest BCUT2D eigenvalue weighted by Gasteiger charge is -2.49. The van der Waals surface area contributed by atoms with Crippen molar-refractivity contribution in [2.45, 2.75) is 310 Å². The number of aliphatic hydroxyl groups is 12. The second kappa shape index (κ2) is 60.0. The summed E-state index contributed by atoms with van der Waals surface area (Å²) in [5, 5.41) is 161. The van der Waals surface area contributed by atoms with E-state index in [-0.39, 0.29) is 84.8 Å². The van der Waals surface area contributed by atoms with Gasteiger partial charge in [-0.15, -0.1) is 0 Å². The molecule has 36 atom stereocenters. The summed E-state index contributed by atoms with van der Waals surface area (Å²) in [6.45, 7) is 25.0. The molecule has 25 N–H and O–H groups in total. The minimum absolute atomic E-state index is 0.0169. The first kappa shape index (κ1) is 128. The third-order valence-electron chi connectivity index (χ3n) is 26.0. The van der Waals surface area contributed by atoms with Crippen LogP contribution in [0.4, 0.5) is 0 Å². The Hall–Kier alpha value is -4.95. The number of carbonyl (C=O) groups excluding carboxylic acids is 4. The summed E-state index contributed by atoms with van der Waals surface area (Å²) in [5.74, 6) is -12.8. The summed E-state index contributed by atoms with van der Waals surface area (Å²) < 4.78 is 70.5. The average molecular weight is 1910 g/mol. The smallest absolute Gasteiger partial charge is 0.366 e. The largest absolute Gasteiger partial charge is 0.477 e. The van der Waals surface area contributed by atoms with E-state index in [1.807, 2.05) is 35.1 Å². The maximum Gasteiger partial charge on any atom is 0.366 e. The van der Waals surface area contributed by atoms with E-state index in [4.69, 9.17) is 87.7 Å². The molecule has 0 aromatic carbocycles. The standard InChI is InChI=1S/C17H34N2O3.C17H31NO5.C15H29NO4.C13H26N2O7.C11H21NO8.C10H19NO8.C2H7N.CH5N/c1-9-11(2)13(4)15-14(18-5)12(3)10-17(21-8,22-15)16(20)19(6)7;1-8-10(2)12(4)15-14(18-13(5)19)11(3)9-17(22-7,23-15)16(20)21-6;1-7-9(2)11(4)13-12(16-5)10(3)8-15(19-6,20-13)14(17)18;1-14-9-7(17)5-13(21-4,12(20)15(2)3)22-11(9)10(19)8(18)6-16;1-12-7-5(14)3-11(19-2,10(17)18)20-9(7)8(16)6(15)4-13;1-18-10(9(16)17)2-4(13)6(11)8(19-10)7(15)5(14)3-12;1-3-2;1-2/h11-15,18H,9-10H2,1-8H3;10-12,14-15H,8-9H2,1-7H3,(H,18,19);9-13,16H,7-8H2,1-6H3,(H,17,18);7-11,14,16-19H,5-6H2,1-4H3;5-9,12-16H,3-4H2,1-2H3,(H,17,18);4-8,12-15H,2-3,11H2,1H3,(H,16,17);3H,1-2H3;2H2,1H3/t11-,12?,13-,14?,15?,17?;10-,11?,12-,14?,15?,17?;9-,10?,11-,12?,13?,15?;;;;;/m111...../s1. The second-order valence-corrected chi connectivity index (χ2v) is 34.9. The Labute approximate surface area is 774 Å². The summed E-state index contributed by atoms with van der Waals surface area (Å²) in [6.07, 6.45) is -13.8. The van der Waals surface area contributed by atoms with Crippen molar-refractivity contribution in [3.05, 3.63) is 0 Å². The Bertz CT molecular complexity index is 3140. The lowest BCUT2D eigenvalue weighted by molar-refractivity contribution is -0.304. The van der Waals surface area contributed by atoms with E-state index in [1.165, 1.54) is 68.5 Å². The molecule has 0 spiro atoms. The molecular weight excluding hydrogens is 1730 g/mol. The monoisotopic (exact) mass is 1910 g/mol. The number of nitrogens with two attached hydrogens (primary N) is 2. The second-order valence-electron chi connectivity index (χ2n) is 34.9. The van der Waals surface area contributed by atoms with E-state index >= 15 is 0 Å². The highest BCUT2D eigenvalue weighted by Gasteiger charge is 2.61. The van der Waals surface area contributed by atoms with Crippen LogP contribution in [-0.2, 0) is 95.1 Å². The van der Waals surface area contributed by atoms with Crippen molar-refractivity contribution in [2.24, 2.45) is 64.7 Å². The summed E-state index contributed by atoms with van der Waals surface area (Å²) in [7, 11) is 27.9. The van der Waals surface area contributed by atoms with Gasteiger partial charge >= 0.3 is 23.9 Å². The highest BCUT2D eigenvalue weighted by molar-refractivity contribution is 5.84. The molecule has 6 aliphatic rings. The number of hydrogen-bond acceptors (Lipinski definition) is 39. The zero-order valence-corrected chi connectivity index (χ0v) is 83.2. The van der Waals surface area contributed by atoms with Crippen molar-refractivity contribution >= 4 is 41.6 Å². The lowest BCUT2D eigenvalue weighted by atomic mass is 9.77. The lowest BCUT2D eigenvalue weighted by Crippen LogP contribution is -2.68. The summed E-state index contributed by atoms with van der Waals surface area (Å²) in [5.41, 5.74) is 10.1. The highest BCUT2D eigenvalue weighted by atomic mass is 16.8. The number of aliphatic hydroxyl groups excluding tert-OH is 12. The Morgan fingerprint density at radius 1 is 0.397 bits per heavy atom. The number of carboxylic acids is 3. The fourth-order valence-corrected chi connectivity index (χ4v) is 16.8. The molecule has 776 valence electrons. The molecule has 6 aliphatic heterocycles. The number of carboxylic acid groups (broad SMARTS) is 3. The van der Waals surface area contributed by atoms with E-state index in [0.717, 1.165) is 33.5 Å². The van der Waals surface area contributed by atoms with Gasteiger partial charge in [-0.25, -0.2) is 19.2 Å². The van der Waals surface area contributed by atoms with Crippen LogP contribution < -0.4 is 43.4 Å². The number of nitrogens with one attached hydrogen (secondary N) is 6. The van der Waals surface area contributed by atoms with Gasteiger partial charge in [0.2, 0.25) is 11.7 Å². The van der Waals surface area contributed by atoms with Crippen LogP contribution in [0.25, 0.3) is 0 Å². The first-order chi connectivity index (χ1) is 61.0. The zero-order valence-electron chi connectivity index (χ0n) is 83.2. The molecule has 131 heavy (non-hydrogen) atoms. The van der Waals surface area contributed by atoms with Gasteiger partial charge in [0.15, 0.2) is 0 Å². The quantitative estimate of drug-likeness (QED) is 0.0270. The predicted octanol–water partition coefficient (Wildman–Crippen LogP) is -3.91. The Morgan fingerprint density at radius 3 is 0.916 bits per heavy atom. The molecule has 30 unspecified atom stereocenters. The summed E-state index contributed by atoms with van der Waals surface area (Å²) >= 11 is 0. The molecule has 0 aromatic rings.